The molecule has 1 heterocycles. The Hall–Kier alpha value is -1.13. The Bertz CT molecular complexity index is 486. The van der Waals surface area contributed by atoms with E-state index in [0.29, 0.717) is 24.8 Å². The van der Waals surface area contributed by atoms with Crippen LogP contribution < -0.4 is 0 Å². The largest absolute Gasteiger partial charge is 0.458 e. The van der Waals surface area contributed by atoms with Gasteiger partial charge in [0.05, 0.1) is 11.2 Å². The summed E-state index contributed by atoms with van der Waals surface area (Å²) in [6.07, 6.45) is 3.15. The Kier molecular flexibility index (Phi) is 2.51. The summed E-state index contributed by atoms with van der Waals surface area (Å²) in [5.41, 5.74) is -0.532. The molecule has 2 N–H and O–H groups in total. The van der Waals surface area contributed by atoms with Crippen LogP contribution in [-0.4, -0.2) is 33.5 Å². The van der Waals surface area contributed by atoms with Crippen LogP contribution in [-0.2, 0) is 9.53 Å². The first-order valence-electron chi connectivity index (χ1n) is 6.77. The molecule has 19 heavy (non-hydrogen) atoms. The van der Waals surface area contributed by atoms with Gasteiger partial charge in [-0.2, -0.15) is 0 Å². The lowest BCUT2D eigenvalue weighted by Gasteiger charge is -2.33. The molecule has 1 saturated heterocycles. The maximum atomic E-state index is 11.6. The molecule has 2 fully saturated rings. The SMILES string of the molecule is C=C1C(=O)O[C@@H]2C[C@](C)(O)C3=CC[C@@](C)(O)[C@H]3C[C@@H]12. The van der Waals surface area contributed by atoms with Crippen molar-refractivity contribution in [2.24, 2.45) is 11.8 Å². The summed E-state index contributed by atoms with van der Waals surface area (Å²) in [6, 6.07) is 0. The minimum Gasteiger partial charge on any atom is -0.458 e. The molecule has 0 aromatic rings. The third kappa shape index (κ3) is 1.77. The Balaban J connectivity index is 2.02. The number of hydrogen-bond donors (Lipinski definition) is 2. The molecular formula is C15H20O4. The second kappa shape index (κ2) is 3.70. The van der Waals surface area contributed by atoms with E-state index in [0.717, 1.165) is 5.57 Å². The average molecular weight is 264 g/mol. The van der Waals surface area contributed by atoms with Crippen LogP contribution in [0, 0.1) is 11.8 Å². The third-order valence-electron chi connectivity index (χ3n) is 4.99. The van der Waals surface area contributed by atoms with Gasteiger partial charge < -0.3 is 14.9 Å². The Morgan fingerprint density at radius 3 is 2.79 bits per heavy atom. The minimum atomic E-state index is -1.03. The highest BCUT2D eigenvalue weighted by molar-refractivity contribution is 5.90. The van der Waals surface area contributed by atoms with E-state index in [4.69, 9.17) is 4.74 Å². The lowest BCUT2D eigenvalue weighted by Crippen LogP contribution is -2.37. The maximum Gasteiger partial charge on any atom is 0.334 e. The van der Waals surface area contributed by atoms with Crippen molar-refractivity contribution in [1.29, 1.82) is 0 Å². The van der Waals surface area contributed by atoms with Crippen molar-refractivity contribution in [3.8, 4) is 0 Å². The highest BCUT2D eigenvalue weighted by atomic mass is 16.6. The van der Waals surface area contributed by atoms with Gasteiger partial charge in [0, 0.05) is 23.8 Å². The second-order valence-corrected chi connectivity index (χ2v) is 6.56. The maximum absolute atomic E-state index is 11.6. The van der Waals surface area contributed by atoms with E-state index in [1.54, 1.807) is 13.8 Å². The normalized spacial score (nSPS) is 49.3. The Morgan fingerprint density at radius 2 is 2.11 bits per heavy atom. The number of ether oxygens (including phenoxy) is 1. The van der Waals surface area contributed by atoms with Gasteiger partial charge in [0.15, 0.2) is 0 Å². The molecule has 104 valence electrons. The second-order valence-electron chi connectivity index (χ2n) is 6.56. The molecule has 2 aliphatic carbocycles. The van der Waals surface area contributed by atoms with E-state index >= 15 is 0 Å². The molecule has 4 nitrogen and oxygen atoms in total. The van der Waals surface area contributed by atoms with Crippen molar-refractivity contribution in [2.75, 3.05) is 0 Å². The molecule has 5 atom stereocenters. The summed E-state index contributed by atoms with van der Waals surface area (Å²) in [6.45, 7) is 7.34. The third-order valence-corrected chi connectivity index (χ3v) is 4.99. The van der Waals surface area contributed by atoms with Crippen molar-refractivity contribution in [2.45, 2.75) is 50.4 Å². The molecule has 0 bridgehead atoms. The van der Waals surface area contributed by atoms with Gasteiger partial charge in [-0.05, 0) is 32.3 Å². The zero-order valence-electron chi connectivity index (χ0n) is 11.3. The van der Waals surface area contributed by atoms with E-state index in [1.807, 2.05) is 6.08 Å². The first kappa shape index (κ1) is 12.9. The van der Waals surface area contributed by atoms with Crippen LogP contribution in [0.3, 0.4) is 0 Å². The van der Waals surface area contributed by atoms with Crippen molar-refractivity contribution in [1.82, 2.24) is 0 Å². The monoisotopic (exact) mass is 264 g/mol. The number of fused-ring (bicyclic) bond motifs is 2. The van der Waals surface area contributed by atoms with E-state index < -0.39 is 11.2 Å². The van der Waals surface area contributed by atoms with Crippen molar-refractivity contribution < 1.29 is 19.7 Å². The quantitative estimate of drug-likeness (QED) is 0.393. The van der Waals surface area contributed by atoms with Gasteiger partial charge in [0.1, 0.15) is 6.10 Å². The topological polar surface area (TPSA) is 66.8 Å². The molecule has 0 aromatic heterocycles. The minimum absolute atomic E-state index is 0.0977. The zero-order valence-corrected chi connectivity index (χ0v) is 11.3. The summed E-state index contributed by atoms with van der Waals surface area (Å²) in [4.78, 5) is 11.6. The fraction of sp³-hybridized carbons (Fsp3) is 0.667. The molecule has 0 amide bonds. The summed E-state index contributed by atoms with van der Waals surface area (Å²) in [5, 5.41) is 21.2. The molecule has 3 aliphatic rings. The van der Waals surface area contributed by atoms with Crippen LogP contribution in [0.2, 0.25) is 0 Å². The van der Waals surface area contributed by atoms with Gasteiger partial charge in [-0.3, -0.25) is 0 Å². The number of hydrogen-bond acceptors (Lipinski definition) is 4. The lowest BCUT2D eigenvalue weighted by molar-refractivity contribution is -0.140. The van der Waals surface area contributed by atoms with E-state index in [-0.39, 0.29) is 23.9 Å². The number of carbonyl (C=O) groups is 1. The van der Waals surface area contributed by atoms with Crippen molar-refractivity contribution in [3.05, 3.63) is 23.8 Å². The molecule has 3 rings (SSSR count). The highest BCUT2D eigenvalue weighted by Gasteiger charge is 2.54. The summed E-state index contributed by atoms with van der Waals surface area (Å²) >= 11 is 0. The standard InChI is InChI=1S/C15H20O4/c1-8-9-6-11-10(4-5-14(11,2)17)15(3,18)7-12(9)19-13(8)16/h4,9,11-12,17-18H,1,5-7H2,2-3H3/t9-,11-,12+,14+,15-/m0/s1. The Morgan fingerprint density at radius 1 is 1.42 bits per heavy atom. The number of aliphatic hydroxyl groups is 2. The molecule has 1 saturated carbocycles. The van der Waals surface area contributed by atoms with Crippen LogP contribution >= 0.6 is 0 Å². The molecular weight excluding hydrogens is 244 g/mol. The number of carbonyl (C=O) groups excluding carboxylic acids is 1. The predicted octanol–water partition coefficient (Wildman–Crippen LogP) is 1.33. The van der Waals surface area contributed by atoms with Crippen LogP contribution in [0.15, 0.2) is 23.8 Å². The van der Waals surface area contributed by atoms with Crippen LogP contribution in [0.4, 0.5) is 0 Å². The van der Waals surface area contributed by atoms with Gasteiger partial charge >= 0.3 is 5.97 Å². The van der Waals surface area contributed by atoms with Crippen molar-refractivity contribution >= 4 is 5.97 Å². The van der Waals surface area contributed by atoms with E-state index in [2.05, 4.69) is 6.58 Å². The smallest absolute Gasteiger partial charge is 0.334 e. The molecule has 4 heteroatoms. The first-order chi connectivity index (χ1) is 8.72. The Labute approximate surface area is 112 Å². The fourth-order valence-corrected chi connectivity index (χ4v) is 3.82. The molecule has 0 radical (unpaired) electrons. The summed E-state index contributed by atoms with van der Waals surface area (Å²) < 4.78 is 5.32. The number of rotatable bonds is 0. The van der Waals surface area contributed by atoms with Crippen molar-refractivity contribution in [3.63, 3.8) is 0 Å². The van der Waals surface area contributed by atoms with Gasteiger partial charge in [0.2, 0.25) is 0 Å². The van der Waals surface area contributed by atoms with Gasteiger partial charge in [0.25, 0.3) is 0 Å². The van der Waals surface area contributed by atoms with E-state index in [1.165, 1.54) is 0 Å². The van der Waals surface area contributed by atoms with E-state index in [9.17, 15) is 15.0 Å². The summed E-state index contributed by atoms with van der Waals surface area (Å²) in [7, 11) is 0. The molecule has 0 aromatic carbocycles. The first-order valence-corrected chi connectivity index (χ1v) is 6.77. The highest BCUT2D eigenvalue weighted by Crippen LogP contribution is 2.51. The van der Waals surface area contributed by atoms with Gasteiger partial charge in [-0.25, -0.2) is 4.79 Å². The fourth-order valence-electron chi connectivity index (χ4n) is 3.82. The lowest BCUT2D eigenvalue weighted by atomic mass is 9.78. The average Bonchev–Trinajstić information content (AvgIpc) is 2.66. The van der Waals surface area contributed by atoms with Gasteiger partial charge in [-0.1, -0.05) is 12.7 Å². The zero-order chi connectivity index (χ0) is 14.0. The van der Waals surface area contributed by atoms with Crippen LogP contribution in [0.25, 0.3) is 0 Å². The van der Waals surface area contributed by atoms with Gasteiger partial charge in [-0.15, -0.1) is 0 Å². The van der Waals surface area contributed by atoms with Crippen LogP contribution in [0.5, 0.6) is 0 Å². The molecule has 1 aliphatic heterocycles. The molecule has 0 spiro atoms. The predicted molar refractivity (Wildman–Crippen MR) is 69.2 cm³/mol. The molecule has 0 unspecified atom stereocenters. The summed E-state index contributed by atoms with van der Waals surface area (Å²) in [5.74, 6) is -0.598. The number of esters is 1. The van der Waals surface area contributed by atoms with Crippen LogP contribution in [0.1, 0.15) is 33.1 Å².